The van der Waals surface area contributed by atoms with Crippen LogP contribution in [0.5, 0.6) is 0 Å². The Balaban J connectivity index is 3.23. The second-order valence-corrected chi connectivity index (χ2v) is 4.34. The van der Waals surface area contributed by atoms with Crippen LogP contribution in [0, 0.1) is 0 Å². The fourth-order valence-electron chi connectivity index (χ4n) is 1.18. The van der Waals surface area contributed by atoms with Crippen molar-refractivity contribution in [1.82, 2.24) is 4.98 Å². The summed E-state index contributed by atoms with van der Waals surface area (Å²) in [5, 5.41) is 0.251. The molecule has 0 aromatic carbocycles. The van der Waals surface area contributed by atoms with E-state index in [2.05, 4.69) is 36.8 Å². The molecule has 0 atom stereocenters. The molecule has 1 aromatic heterocycles. The number of hydrogen-bond donors (Lipinski definition) is 0. The van der Waals surface area contributed by atoms with Gasteiger partial charge in [-0.3, -0.25) is 0 Å². The smallest absolute Gasteiger partial charge is 0.357 e. The van der Waals surface area contributed by atoms with Gasteiger partial charge in [0.05, 0.1) is 12.2 Å². The molecule has 1 rings (SSSR count). The molecule has 0 aliphatic heterocycles. The maximum Gasteiger partial charge on any atom is 0.357 e. The summed E-state index contributed by atoms with van der Waals surface area (Å²) < 4.78 is 30.0. The highest BCUT2D eigenvalue weighted by Gasteiger charge is 2.20. The number of pyridine rings is 1. The van der Waals surface area contributed by atoms with Crippen molar-refractivity contribution in [2.24, 2.45) is 0 Å². The minimum Gasteiger partial charge on any atom is -0.461 e. The monoisotopic (exact) mass is 371 g/mol. The zero-order valence-corrected chi connectivity index (χ0v) is 12.0. The third-order valence-corrected chi connectivity index (χ3v) is 3.17. The van der Waals surface area contributed by atoms with E-state index in [1.54, 1.807) is 6.92 Å². The topological polar surface area (TPSA) is 39.2 Å². The van der Waals surface area contributed by atoms with E-state index in [4.69, 9.17) is 4.74 Å². The van der Waals surface area contributed by atoms with Crippen LogP contribution < -0.4 is 0 Å². The Kier molecular flexibility index (Phi) is 5.45. The van der Waals surface area contributed by atoms with E-state index in [0.717, 1.165) is 0 Å². The number of carbonyl (C=O) groups excluding carboxylic acids is 1. The molecule has 3 nitrogen and oxygen atoms in total. The number of hydrogen-bond acceptors (Lipinski definition) is 3. The summed E-state index contributed by atoms with van der Waals surface area (Å²) in [6.45, 7) is 1.87. The van der Waals surface area contributed by atoms with E-state index >= 15 is 0 Å². The lowest BCUT2D eigenvalue weighted by Gasteiger charge is -2.10. The van der Waals surface area contributed by atoms with Crippen LogP contribution in [-0.4, -0.2) is 17.6 Å². The fraction of sp³-hybridized carbons (Fsp3) is 0.400. The van der Waals surface area contributed by atoms with Crippen molar-refractivity contribution in [2.45, 2.75) is 18.7 Å². The predicted molar refractivity (Wildman–Crippen MR) is 65.5 cm³/mol. The van der Waals surface area contributed by atoms with Gasteiger partial charge in [-0.1, -0.05) is 15.9 Å². The Morgan fingerprint density at radius 1 is 1.59 bits per heavy atom. The second kappa shape index (κ2) is 6.39. The van der Waals surface area contributed by atoms with E-state index in [9.17, 15) is 13.6 Å². The van der Waals surface area contributed by atoms with Gasteiger partial charge in [-0.2, -0.15) is 0 Å². The molecule has 0 bridgehead atoms. The molecule has 1 heterocycles. The van der Waals surface area contributed by atoms with Crippen molar-refractivity contribution in [3.8, 4) is 0 Å². The van der Waals surface area contributed by atoms with Gasteiger partial charge in [0.1, 0.15) is 4.60 Å². The maximum atomic E-state index is 12.6. The second-order valence-electron chi connectivity index (χ2n) is 3.03. The Labute approximate surface area is 114 Å². The van der Waals surface area contributed by atoms with Crippen molar-refractivity contribution >= 4 is 37.8 Å². The molecule has 17 heavy (non-hydrogen) atoms. The highest BCUT2D eigenvalue weighted by atomic mass is 79.9. The minimum atomic E-state index is -2.65. The van der Waals surface area contributed by atoms with E-state index in [1.807, 2.05) is 0 Å². The molecule has 0 spiro atoms. The standard InChI is InChI=1S/C10H9Br2F2NO2/c1-2-17-10(16)7-5(4-11)3-6(9(13)14)8(12)15-7/h3,9H,2,4H2,1H3. The van der Waals surface area contributed by atoms with Crippen LogP contribution in [0.4, 0.5) is 8.78 Å². The van der Waals surface area contributed by atoms with Crippen molar-refractivity contribution in [1.29, 1.82) is 0 Å². The quantitative estimate of drug-likeness (QED) is 0.457. The molecule has 0 unspecified atom stereocenters. The first kappa shape index (κ1) is 14.5. The van der Waals surface area contributed by atoms with Crippen molar-refractivity contribution in [3.05, 3.63) is 27.5 Å². The molecule has 0 N–H and O–H groups in total. The van der Waals surface area contributed by atoms with Gasteiger partial charge in [-0.15, -0.1) is 0 Å². The van der Waals surface area contributed by atoms with Crippen LogP contribution in [0.2, 0.25) is 0 Å². The van der Waals surface area contributed by atoms with Crippen LogP contribution in [-0.2, 0) is 10.1 Å². The van der Waals surface area contributed by atoms with Crippen LogP contribution in [0.3, 0.4) is 0 Å². The molecular weight excluding hydrogens is 364 g/mol. The Morgan fingerprint density at radius 3 is 2.71 bits per heavy atom. The van der Waals surface area contributed by atoms with Crippen molar-refractivity contribution in [3.63, 3.8) is 0 Å². The molecule has 1 aromatic rings. The summed E-state index contributed by atoms with van der Waals surface area (Å²) in [6.07, 6.45) is -2.65. The highest BCUT2D eigenvalue weighted by Crippen LogP contribution is 2.29. The van der Waals surface area contributed by atoms with Crippen LogP contribution >= 0.6 is 31.9 Å². The average molecular weight is 373 g/mol. The number of esters is 1. The minimum absolute atomic E-state index is 0.0414. The lowest BCUT2D eigenvalue weighted by atomic mass is 10.1. The van der Waals surface area contributed by atoms with Gasteiger partial charge < -0.3 is 4.74 Å². The third-order valence-electron chi connectivity index (χ3n) is 1.93. The summed E-state index contributed by atoms with van der Waals surface area (Å²) in [6, 6.07) is 1.24. The molecule has 0 amide bonds. The van der Waals surface area contributed by atoms with E-state index in [1.165, 1.54) is 6.07 Å². The fourth-order valence-corrected chi connectivity index (χ4v) is 2.07. The number of ether oxygens (including phenoxy) is 1. The molecule has 0 saturated heterocycles. The van der Waals surface area contributed by atoms with Gasteiger partial charge in [0.25, 0.3) is 6.43 Å². The van der Waals surface area contributed by atoms with E-state index in [0.29, 0.717) is 5.56 Å². The Morgan fingerprint density at radius 2 is 2.24 bits per heavy atom. The van der Waals surface area contributed by atoms with Gasteiger partial charge in [0, 0.05) is 5.33 Å². The number of carbonyl (C=O) groups is 1. The number of halogens is 4. The molecule has 0 aliphatic rings. The zero-order valence-electron chi connectivity index (χ0n) is 8.84. The Bertz CT molecular complexity index is 427. The average Bonchev–Trinajstić information content (AvgIpc) is 2.28. The number of alkyl halides is 3. The van der Waals surface area contributed by atoms with E-state index < -0.39 is 12.4 Å². The summed E-state index contributed by atoms with van der Waals surface area (Å²) >= 11 is 6.04. The molecule has 7 heteroatoms. The summed E-state index contributed by atoms with van der Waals surface area (Å²) in [5.41, 5.74) is 0.175. The molecule has 0 fully saturated rings. The molecule has 94 valence electrons. The third kappa shape index (κ3) is 3.45. The first-order chi connectivity index (χ1) is 8.01. The van der Waals surface area contributed by atoms with Crippen molar-refractivity contribution in [2.75, 3.05) is 6.61 Å². The maximum absolute atomic E-state index is 12.6. The largest absolute Gasteiger partial charge is 0.461 e. The predicted octanol–water partition coefficient (Wildman–Crippen LogP) is 3.85. The SMILES string of the molecule is CCOC(=O)c1nc(Br)c(C(F)F)cc1CBr. The van der Waals surface area contributed by atoms with E-state index in [-0.39, 0.29) is 27.8 Å². The molecular formula is C10H9Br2F2NO2. The zero-order chi connectivity index (χ0) is 13.0. The summed E-state index contributed by atoms with van der Waals surface area (Å²) in [4.78, 5) is 15.4. The Hall–Kier alpha value is -0.560. The van der Waals surface area contributed by atoms with Crippen LogP contribution in [0.25, 0.3) is 0 Å². The first-order valence-electron chi connectivity index (χ1n) is 4.71. The highest BCUT2D eigenvalue weighted by molar-refractivity contribution is 9.10. The van der Waals surface area contributed by atoms with Crippen LogP contribution in [0.1, 0.15) is 35.0 Å². The normalized spacial score (nSPS) is 10.7. The van der Waals surface area contributed by atoms with Gasteiger partial charge in [-0.25, -0.2) is 18.6 Å². The van der Waals surface area contributed by atoms with Gasteiger partial charge in [-0.05, 0) is 34.5 Å². The van der Waals surface area contributed by atoms with Crippen LogP contribution in [0.15, 0.2) is 10.7 Å². The lowest BCUT2D eigenvalue weighted by Crippen LogP contribution is -2.11. The van der Waals surface area contributed by atoms with Gasteiger partial charge >= 0.3 is 5.97 Å². The van der Waals surface area contributed by atoms with Gasteiger partial charge in [0.2, 0.25) is 0 Å². The number of aromatic nitrogens is 1. The molecule has 0 saturated carbocycles. The molecule has 0 radical (unpaired) electrons. The van der Waals surface area contributed by atoms with Crippen molar-refractivity contribution < 1.29 is 18.3 Å². The lowest BCUT2D eigenvalue weighted by molar-refractivity contribution is 0.0517. The first-order valence-corrected chi connectivity index (χ1v) is 6.63. The number of nitrogens with zero attached hydrogens (tertiary/aromatic N) is 1. The van der Waals surface area contributed by atoms with Gasteiger partial charge in [0.15, 0.2) is 5.69 Å². The molecule has 0 aliphatic carbocycles. The summed E-state index contributed by atoms with van der Waals surface area (Å²) in [5.74, 6) is -0.622. The number of rotatable bonds is 4. The summed E-state index contributed by atoms with van der Waals surface area (Å²) in [7, 11) is 0.